The zero-order chi connectivity index (χ0) is 12.8. The van der Waals surface area contributed by atoms with Gasteiger partial charge in [0.25, 0.3) is 0 Å². The number of nitrogens with zero attached hydrogens (tertiary/aromatic N) is 1. The lowest BCUT2D eigenvalue weighted by atomic mass is 9.94. The first-order chi connectivity index (χ1) is 7.87. The molecule has 1 unspecified atom stereocenters. The van der Waals surface area contributed by atoms with Crippen molar-refractivity contribution < 1.29 is 9.90 Å². The first-order valence-electron chi connectivity index (χ1n) is 5.81. The molecule has 0 aliphatic heterocycles. The summed E-state index contributed by atoms with van der Waals surface area (Å²) in [6, 6.07) is 2.99. The van der Waals surface area contributed by atoms with Gasteiger partial charge in [0.2, 0.25) is 0 Å². The maximum atomic E-state index is 11.6. The minimum Gasteiger partial charge on any atom is -0.479 e. The van der Waals surface area contributed by atoms with Crippen LogP contribution in [-0.4, -0.2) is 15.6 Å². The smallest absolute Gasteiger partial charge is 0.329 e. The summed E-state index contributed by atoms with van der Waals surface area (Å²) >= 11 is 0. The third kappa shape index (κ3) is 1.77. The Kier molecular flexibility index (Phi) is 2.60. The molecule has 1 atom stereocenters. The molecule has 0 spiro atoms. The lowest BCUT2D eigenvalue weighted by Gasteiger charge is -2.32. The normalized spacial score (nSPS) is 18.8. The van der Waals surface area contributed by atoms with Gasteiger partial charge in [0, 0.05) is 23.5 Å². The maximum Gasteiger partial charge on any atom is 0.329 e. The van der Waals surface area contributed by atoms with Crippen LogP contribution >= 0.6 is 0 Å². The van der Waals surface area contributed by atoms with Crippen LogP contribution < -0.4 is 5.43 Å². The lowest BCUT2D eigenvalue weighted by molar-refractivity contribution is -0.148. The van der Waals surface area contributed by atoms with Gasteiger partial charge in [-0.15, -0.1) is 0 Å². The number of hydrogen-bond acceptors (Lipinski definition) is 2. The van der Waals surface area contributed by atoms with Gasteiger partial charge in [-0.1, -0.05) is 0 Å². The molecule has 0 radical (unpaired) electrons. The van der Waals surface area contributed by atoms with Crippen LogP contribution in [0.5, 0.6) is 0 Å². The van der Waals surface area contributed by atoms with Crippen molar-refractivity contribution in [3.8, 4) is 0 Å². The Balaban J connectivity index is 2.66. The Bertz CT molecular complexity index is 502. The summed E-state index contributed by atoms with van der Waals surface area (Å²) in [6.07, 6.45) is 1.88. The van der Waals surface area contributed by atoms with Crippen LogP contribution in [-0.2, 0) is 10.3 Å². The van der Waals surface area contributed by atoms with Crippen LogP contribution in [0.25, 0.3) is 0 Å². The van der Waals surface area contributed by atoms with Crippen molar-refractivity contribution in [1.82, 2.24) is 4.57 Å². The van der Waals surface area contributed by atoms with Crippen LogP contribution in [0.15, 0.2) is 16.9 Å². The third-order valence-corrected chi connectivity index (χ3v) is 3.68. The van der Waals surface area contributed by atoms with E-state index in [-0.39, 0.29) is 11.3 Å². The summed E-state index contributed by atoms with van der Waals surface area (Å²) in [5, 5.41) is 9.52. The average Bonchev–Trinajstić information content (AvgIpc) is 2.97. The van der Waals surface area contributed by atoms with Gasteiger partial charge in [0.15, 0.2) is 5.43 Å². The summed E-state index contributed by atoms with van der Waals surface area (Å²) in [7, 11) is 0. The molecule has 0 saturated heterocycles. The highest BCUT2D eigenvalue weighted by Gasteiger charge is 2.49. The van der Waals surface area contributed by atoms with Gasteiger partial charge in [-0.2, -0.15) is 0 Å². The van der Waals surface area contributed by atoms with Gasteiger partial charge in [-0.25, -0.2) is 4.79 Å². The van der Waals surface area contributed by atoms with E-state index in [4.69, 9.17) is 0 Å². The maximum absolute atomic E-state index is 11.6. The molecular weight excluding hydrogens is 218 g/mol. The van der Waals surface area contributed by atoms with Gasteiger partial charge >= 0.3 is 5.97 Å². The van der Waals surface area contributed by atoms with E-state index >= 15 is 0 Å². The van der Waals surface area contributed by atoms with E-state index in [2.05, 4.69) is 0 Å². The lowest BCUT2D eigenvalue weighted by Crippen LogP contribution is -2.43. The molecule has 1 heterocycles. The SMILES string of the molecule is Cc1cc(=O)cc(C)n1C(C)(C(=O)O)C1CC1. The van der Waals surface area contributed by atoms with E-state index in [0.29, 0.717) is 11.4 Å². The van der Waals surface area contributed by atoms with Crippen LogP contribution in [0.2, 0.25) is 0 Å². The Morgan fingerprint density at radius 1 is 1.35 bits per heavy atom. The van der Waals surface area contributed by atoms with Crippen LogP contribution in [0.3, 0.4) is 0 Å². The molecule has 1 aromatic heterocycles. The molecule has 1 N–H and O–H groups in total. The molecule has 92 valence electrons. The number of carbonyl (C=O) groups is 1. The molecule has 2 rings (SSSR count). The van der Waals surface area contributed by atoms with Crippen molar-refractivity contribution in [3.63, 3.8) is 0 Å². The van der Waals surface area contributed by atoms with Crippen LogP contribution in [0.1, 0.15) is 31.2 Å². The highest BCUT2D eigenvalue weighted by molar-refractivity contribution is 5.77. The number of hydrogen-bond donors (Lipinski definition) is 1. The number of aromatic nitrogens is 1. The van der Waals surface area contributed by atoms with Crippen LogP contribution in [0, 0.1) is 19.8 Å². The van der Waals surface area contributed by atoms with Gasteiger partial charge in [0.1, 0.15) is 5.54 Å². The molecule has 1 aliphatic rings. The van der Waals surface area contributed by atoms with Crippen molar-refractivity contribution in [2.24, 2.45) is 5.92 Å². The minimum absolute atomic E-state index is 0.0696. The van der Waals surface area contributed by atoms with Gasteiger partial charge < -0.3 is 9.67 Å². The Hall–Kier alpha value is -1.58. The predicted octanol–water partition coefficient (Wildman–Crippen LogP) is 1.67. The topological polar surface area (TPSA) is 59.3 Å². The zero-order valence-electron chi connectivity index (χ0n) is 10.4. The molecule has 17 heavy (non-hydrogen) atoms. The standard InChI is InChI=1S/C13H17NO3/c1-8-6-11(15)7-9(2)14(8)13(3,12(16)17)10-4-5-10/h6-7,10H,4-5H2,1-3H3,(H,16,17). The fourth-order valence-electron chi connectivity index (χ4n) is 2.69. The summed E-state index contributed by atoms with van der Waals surface area (Å²) < 4.78 is 1.79. The van der Waals surface area contributed by atoms with Crippen molar-refractivity contribution in [2.45, 2.75) is 39.2 Å². The predicted molar refractivity (Wildman–Crippen MR) is 64.2 cm³/mol. The molecule has 1 fully saturated rings. The molecule has 0 bridgehead atoms. The highest BCUT2D eigenvalue weighted by atomic mass is 16.4. The number of rotatable bonds is 3. The van der Waals surface area contributed by atoms with E-state index in [1.54, 1.807) is 25.3 Å². The molecule has 1 aliphatic carbocycles. The second kappa shape index (κ2) is 3.72. The Morgan fingerprint density at radius 3 is 2.18 bits per heavy atom. The Morgan fingerprint density at radius 2 is 1.82 bits per heavy atom. The van der Waals surface area contributed by atoms with Crippen molar-refractivity contribution in [2.75, 3.05) is 0 Å². The fraction of sp³-hybridized carbons (Fsp3) is 0.538. The minimum atomic E-state index is -0.929. The zero-order valence-corrected chi connectivity index (χ0v) is 10.4. The van der Waals surface area contributed by atoms with Crippen molar-refractivity contribution in [1.29, 1.82) is 0 Å². The number of aryl methyl sites for hydroxylation is 2. The fourth-order valence-corrected chi connectivity index (χ4v) is 2.69. The molecular formula is C13H17NO3. The van der Waals surface area contributed by atoms with E-state index in [1.807, 2.05) is 0 Å². The van der Waals surface area contributed by atoms with Gasteiger partial charge in [-0.05, 0) is 39.5 Å². The van der Waals surface area contributed by atoms with Crippen molar-refractivity contribution >= 4 is 5.97 Å². The van der Waals surface area contributed by atoms with E-state index in [1.165, 1.54) is 12.1 Å². The second-order valence-electron chi connectivity index (χ2n) is 5.04. The number of pyridine rings is 1. The number of carboxylic acid groups (broad SMARTS) is 1. The van der Waals surface area contributed by atoms with E-state index in [0.717, 1.165) is 12.8 Å². The third-order valence-electron chi connectivity index (χ3n) is 3.68. The molecule has 1 saturated carbocycles. The summed E-state index contributed by atoms with van der Waals surface area (Å²) in [4.78, 5) is 23.0. The summed E-state index contributed by atoms with van der Waals surface area (Å²) in [5.74, 6) is -0.658. The first-order valence-corrected chi connectivity index (χ1v) is 5.81. The monoisotopic (exact) mass is 235 g/mol. The second-order valence-corrected chi connectivity index (χ2v) is 5.04. The van der Waals surface area contributed by atoms with Gasteiger partial charge in [-0.3, -0.25) is 4.79 Å². The largest absolute Gasteiger partial charge is 0.479 e. The summed E-state index contributed by atoms with van der Waals surface area (Å²) in [5.41, 5.74) is 0.431. The molecule has 1 aromatic rings. The number of aliphatic carboxylic acids is 1. The first kappa shape index (κ1) is 11.9. The van der Waals surface area contributed by atoms with E-state index < -0.39 is 11.5 Å². The molecule has 4 heteroatoms. The molecule has 4 nitrogen and oxygen atoms in total. The molecule has 0 amide bonds. The summed E-state index contributed by atoms with van der Waals surface area (Å²) in [6.45, 7) is 5.33. The average molecular weight is 235 g/mol. The quantitative estimate of drug-likeness (QED) is 0.867. The van der Waals surface area contributed by atoms with Crippen LogP contribution in [0.4, 0.5) is 0 Å². The van der Waals surface area contributed by atoms with Crippen molar-refractivity contribution in [3.05, 3.63) is 33.7 Å². The Labute approximate surface area is 99.9 Å². The highest BCUT2D eigenvalue weighted by Crippen LogP contribution is 2.45. The molecule has 0 aromatic carbocycles. The van der Waals surface area contributed by atoms with E-state index in [9.17, 15) is 14.7 Å². The number of carboxylic acids is 1. The van der Waals surface area contributed by atoms with Gasteiger partial charge in [0.05, 0.1) is 0 Å².